The van der Waals surface area contributed by atoms with Gasteiger partial charge in [-0.3, -0.25) is 0 Å². The second-order valence-electron chi connectivity index (χ2n) is 7.74. The van der Waals surface area contributed by atoms with Gasteiger partial charge >= 0.3 is 5.97 Å². The fourth-order valence-corrected chi connectivity index (χ4v) is 3.58. The lowest BCUT2D eigenvalue weighted by atomic mass is 10.2. The van der Waals surface area contributed by atoms with Crippen LogP contribution in [0.25, 0.3) is 0 Å². The Labute approximate surface area is 188 Å². The summed E-state index contributed by atoms with van der Waals surface area (Å²) < 4.78 is 16.8. The van der Waals surface area contributed by atoms with Crippen molar-refractivity contribution in [1.29, 1.82) is 0 Å². The zero-order chi connectivity index (χ0) is 22.5. The molecule has 32 heavy (non-hydrogen) atoms. The molecule has 0 radical (unpaired) electrons. The molecule has 0 saturated heterocycles. The van der Waals surface area contributed by atoms with Crippen LogP contribution in [0.2, 0.25) is 0 Å². The van der Waals surface area contributed by atoms with Gasteiger partial charge in [-0.15, -0.1) is 0 Å². The molecule has 0 fully saturated rings. The van der Waals surface area contributed by atoms with Gasteiger partial charge in [-0.1, -0.05) is 30.3 Å². The number of hydrogen-bond acceptors (Lipinski definition) is 7. The second kappa shape index (κ2) is 9.68. The minimum absolute atomic E-state index is 0.111. The first-order valence-electron chi connectivity index (χ1n) is 10.8. The van der Waals surface area contributed by atoms with Crippen LogP contribution in [0.1, 0.15) is 42.3 Å². The van der Waals surface area contributed by atoms with Gasteiger partial charge in [0.2, 0.25) is 11.8 Å². The van der Waals surface area contributed by atoms with Crippen molar-refractivity contribution in [2.24, 2.45) is 0 Å². The van der Waals surface area contributed by atoms with E-state index >= 15 is 0 Å². The number of esters is 1. The van der Waals surface area contributed by atoms with Crippen LogP contribution < -0.4 is 14.4 Å². The van der Waals surface area contributed by atoms with Gasteiger partial charge in [0.1, 0.15) is 17.9 Å². The van der Waals surface area contributed by atoms with E-state index in [1.165, 1.54) is 11.8 Å². The molecule has 166 valence electrons. The Hall–Kier alpha value is -3.61. The molecule has 0 N–H and O–H groups in total. The molecule has 0 unspecified atom stereocenters. The van der Waals surface area contributed by atoms with Crippen molar-refractivity contribution in [3.8, 4) is 11.6 Å². The molecule has 7 heteroatoms. The molecule has 2 aromatic carbocycles. The third-order valence-corrected chi connectivity index (χ3v) is 5.04. The van der Waals surface area contributed by atoms with Crippen molar-refractivity contribution in [2.75, 3.05) is 18.1 Å². The van der Waals surface area contributed by atoms with E-state index < -0.39 is 5.97 Å². The molecular formula is C25H27N3O4. The number of anilines is 2. The number of carbonyl (C=O) groups excluding carboxylic acids is 1. The maximum Gasteiger partial charge on any atom is 0.345 e. The molecule has 0 saturated carbocycles. The smallest absolute Gasteiger partial charge is 0.345 e. The predicted molar refractivity (Wildman–Crippen MR) is 122 cm³/mol. The molecule has 0 aliphatic carbocycles. The number of nitrogens with zero attached hydrogens (tertiary/aromatic N) is 3. The summed E-state index contributed by atoms with van der Waals surface area (Å²) in [5.41, 5.74) is 3.46. The molecule has 1 aromatic heterocycles. The van der Waals surface area contributed by atoms with Gasteiger partial charge in [-0.05, 0) is 56.5 Å². The number of carbonyl (C=O) groups is 1. The number of benzene rings is 2. The summed E-state index contributed by atoms with van der Waals surface area (Å²) in [4.78, 5) is 23.5. The van der Waals surface area contributed by atoms with E-state index in [1.807, 2.05) is 61.2 Å². The number of rotatable bonds is 8. The summed E-state index contributed by atoms with van der Waals surface area (Å²) in [6.07, 6.45) is 2.51. The first-order valence-corrected chi connectivity index (χ1v) is 10.8. The Bertz CT molecular complexity index is 1080. The van der Waals surface area contributed by atoms with E-state index in [0.29, 0.717) is 5.95 Å². The maximum absolute atomic E-state index is 12.4. The number of hydrogen-bond donors (Lipinski definition) is 0. The zero-order valence-corrected chi connectivity index (χ0v) is 18.6. The third kappa shape index (κ3) is 4.82. The zero-order valence-electron chi connectivity index (χ0n) is 18.6. The van der Waals surface area contributed by atoms with Crippen LogP contribution in [0.3, 0.4) is 0 Å². The minimum atomic E-state index is -0.503. The predicted octanol–water partition coefficient (Wildman–Crippen LogP) is 4.71. The normalized spacial score (nSPS) is 12.6. The molecule has 0 bridgehead atoms. The largest absolute Gasteiger partial charge is 0.491 e. The van der Waals surface area contributed by atoms with E-state index in [9.17, 15) is 4.79 Å². The standard InChI is InChI=1S/C25H27N3O4/c1-4-30-24(29)21-15-26-25(28-14-13-19-7-5-6-8-22(19)28)27-23(21)31-16-18-9-11-20(12-10-18)32-17(2)3/h5-12,15,17H,4,13-14,16H2,1-3H3. The molecule has 1 aliphatic heterocycles. The molecule has 3 aromatic rings. The fourth-order valence-electron chi connectivity index (χ4n) is 3.58. The Morgan fingerprint density at radius 3 is 2.66 bits per heavy atom. The van der Waals surface area contributed by atoms with Gasteiger partial charge in [0, 0.05) is 12.2 Å². The fraction of sp³-hybridized carbons (Fsp3) is 0.320. The highest BCUT2D eigenvalue weighted by Crippen LogP contribution is 2.33. The molecular weight excluding hydrogens is 406 g/mol. The minimum Gasteiger partial charge on any atom is -0.491 e. The quantitative estimate of drug-likeness (QED) is 0.476. The van der Waals surface area contributed by atoms with Crippen LogP contribution in [-0.4, -0.2) is 35.2 Å². The van der Waals surface area contributed by atoms with Gasteiger partial charge in [-0.2, -0.15) is 4.98 Å². The number of fused-ring (bicyclic) bond motifs is 1. The second-order valence-corrected chi connectivity index (χ2v) is 7.74. The van der Waals surface area contributed by atoms with E-state index in [-0.39, 0.29) is 30.8 Å². The Morgan fingerprint density at radius 1 is 1.12 bits per heavy atom. The highest BCUT2D eigenvalue weighted by atomic mass is 16.5. The lowest BCUT2D eigenvalue weighted by Gasteiger charge is -2.19. The van der Waals surface area contributed by atoms with Crippen LogP contribution in [0.4, 0.5) is 11.6 Å². The SMILES string of the molecule is CCOC(=O)c1cnc(N2CCc3ccccc32)nc1OCc1ccc(OC(C)C)cc1. The summed E-state index contributed by atoms with van der Waals surface area (Å²) in [6.45, 7) is 7.02. The van der Waals surface area contributed by atoms with Crippen molar-refractivity contribution in [3.05, 3.63) is 71.4 Å². The lowest BCUT2D eigenvalue weighted by molar-refractivity contribution is 0.0519. The molecule has 0 spiro atoms. The average Bonchev–Trinajstić information content (AvgIpc) is 3.22. The van der Waals surface area contributed by atoms with Crippen molar-refractivity contribution >= 4 is 17.6 Å². The number of aromatic nitrogens is 2. The van der Waals surface area contributed by atoms with Crippen molar-refractivity contribution in [1.82, 2.24) is 9.97 Å². The van der Waals surface area contributed by atoms with Crippen LogP contribution in [0.15, 0.2) is 54.7 Å². The molecule has 4 rings (SSSR count). The van der Waals surface area contributed by atoms with Gasteiger partial charge in [0.15, 0.2) is 0 Å². The van der Waals surface area contributed by atoms with Gasteiger partial charge in [0.25, 0.3) is 0 Å². The topological polar surface area (TPSA) is 73.8 Å². The summed E-state index contributed by atoms with van der Waals surface area (Å²) in [5.74, 6) is 1.00. The van der Waals surface area contributed by atoms with Crippen molar-refractivity contribution in [3.63, 3.8) is 0 Å². The average molecular weight is 434 g/mol. The summed E-state index contributed by atoms with van der Waals surface area (Å²) in [5, 5.41) is 0. The number of para-hydroxylation sites is 1. The summed E-state index contributed by atoms with van der Waals surface area (Å²) >= 11 is 0. The van der Waals surface area contributed by atoms with Crippen LogP contribution >= 0.6 is 0 Å². The van der Waals surface area contributed by atoms with Gasteiger partial charge in [0.05, 0.1) is 18.9 Å². The van der Waals surface area contributed by atoms with Crippen LogP contribution in [0, 0.1) is 0 Å². The Morgan fingerprint density at radius 2 is 1.91 bits per heavy atom. The maximum atomic E-state index is 12.4. The van der Waals surface area contributed by atoms with Crippen LogP contribution in [-0.2, 0) is 17.8 Å². The molecule has 0 atom stereocenters. The van der Waals surface area contributed by atoms with E-state index in [1.54, 1.807) is 6.92 Å². The van der Waals surface area contributed by atoms with Crippen LogP contribution in [0.5, 0.6) is 11.6 Å². The molecule has 1 aliphatic rings. The summed E-state index contributed by atoms with van der Waals surface area (Å²) in [6, 6.07) is 15.8. The van der Waals surface area contributed by atoms with Crippen molar-refractivity contribution < 1.29 is 19.0 Å². The summed E-state index contributed by atoms with van der Waals surface area (Å²) in [7, 11) is 0. The Balaban J connectivity index is 1.57. The van der Waals surface area contributed by atoms with E-state index in [0.717, 1.165) is 30.0 Å². The first-order chi connectivity index (χ1) is 15.5. The highest BCUT2D eigenvalue weighted by molar-refractivity contribution is 5.91. The molecule has 0 amide bonds. The lowest BCUT2D eigenvalue weighted by Crippen LogP contribution is -2.18. The van der Waals surface area contributed by atoms with E-state index in [4.69, 9.17) is 14.2 Å². The highest BCUT2D eigenvalue weighted by Gasteiger charge is 2.25. The van der Waals surface area contributed by atoms with Crippen molar-refractivity contribution in [2.45, 2.75) is 39.9 Å². The Kier molecular flexibility index (Phi) is 6.54. The van der Waals surface area contributed by atoms with Gasteiger partial charge < -0.3 is 19.1 Å². The number of ether oxygens (including phenoxy) is 3. The van der Waals surface area contributed by atoms with E-state index in [2.05, 4.69) is 16.0 Å². The molecule has 7 nitrogen and oxygen atoms in total. The monoisotopic (exact) mass is 433 g/mol. The molecule has 2 heterocycles. The first kappa shape index (κ1) is 21.6. The van der Waals surface area contributed by atoms with Gasteiger partial charge in [-0.25, -0.2) is 9.78 Å². The third-order valence-electron chi connectivity index (χ3n) is 5.04.